The van der Waals surface area contributed by atoms with Crippen molar-refractivity contribution in [3.05, 3.63) is 65.2 Å². The van der Waals surface area contributed by atoms with Gasteiger partial charge in [0.1, 0.15) is 0 Å². The van der Waals surface area contributed by atoms with Gasteiger partial charge in [0.2, 0.25) is 5.91 Å². The van der Waals surface area contributed by atoms with Crippen molar-refractivity contribution >= 4 is 17.7 Å². The molecule has 126 valence electrons. The van der Waals surface area contributed by atoms with Crippen LogP contribution < -0.4 is 5.32 Å². The Bertz CT molecular complexity index is 745. The Hall–Kier alpha value is -1.95. The molecule has 0 aliphatic carbocycles. The Morgan fingerprint density at radius 1 is 1.17 bits per heavy atom. The Labute approximate surface area is 142 Å². The number of alkyl halides is 3. The summed E-state index contributed by atoms with van der Waals surface area (Å²) in [6.07, 6.45) is -3.64. The molecule has 1 aliphatic heterocycles. The summed E-state index contributed by atoms with van der Waals surface area (Å²) < 4.78 is 38.2. The van der Waals surface area contributed by atoms with Crippen molar-refractivity contribution in [2.45, 2.75) is 30.0 Å². The van der Waals surface area contributed by atoms with E-state index in [9.17, 15) is 18.0 Å². The lowest BCUT2D eigenvalue weighted by molar-refractivity contribution is -0.137. The van der Waals surface area contributed by atoms with Gasteiger partial charge >= 0.3 is 6.18 Å². The van der Waals surface area contributed by atoms with Crippen LogP contribution in [0.1, 0.15) is 29.2 Å². The van der Waals surface area contributed by atoms with Gasteiger partial charge in [-0.05, 0) is 29.7 Å². The second kappa shape index (κ2) is 6.89. The summed E-state index contributed by atoms with van der Waals surface area (Å²) in [5.41, 5.74) is 0.708. The molecule has 0 saturated heterocycles. The van der Waals surface area contributed by atoms with Gasteiger partial charge in [-0.1, -0.05) is 36.4 Å². The molecule has 2 aromatic carbocycles. The summed E-state index contributed by atoms with van der Waals surface area (Å²) in [4.78, 5) is 13.4. The van der Waals surface area contributed by atoms with Crippen LogP contribution in [0.3, 0.4) is 0 Å². The van der Waals surface area contributed by atoms with Crippen LogP contribution in [-0.2, 0) is 17.4 Å². The Morgan fingerprint density at radius 3 is 2.75 bits per heavy atom. The van der Waals surface area contributed by atoms with E-state index in [0.717, 1.165) is 34.8 Å². The minimum absolute atomic E-state index is 0.0598. The Morgan fingerprint density at radius 2 is 1.96 bits per heavy atom. The zero-order valence-electron chi connectivity index (χ0n) is 12.8. The highest BCUT2D eigenvalue weighted by Gasteiger charge is 2.30. The van der Waals surface area contributed by atoms with Crippen LogP contribution in [0.2, 0.25) is 0 Å². The maximum absolute atomic E-state index is 12.7. The van der Waals surface area contributed by atoms with Crippen molar-refractivity contribution in [1.82, 2.24) is 5.32 Å². The molecule has 0 aromatic heterocycles. The zero-order valence-corrected chi connectivity index (χ0v) is 13.6. The van der Waals surface area contributed by atoms with Crippen molar-refractivity contribution in [2.75, 3.05) is 5.75 Å². The molecule has 0 fully saturated rings. The highest BCUT2D eigenvalue weighted by Crippen LogP contribution is 2.36. The van der Waals surface area contributed by atoms with Gasteiger partial charge in [0.15, 0.2) is 0 Å². The minimum Gasteiger partial charge on any atom is -0.349 e. The van der Waals surface area contributed by atoms with E-state index in [-0.39, 0.29) is 18.4 Å². The maximum Gasteiger partial charge on any atom is 0.416 e. The molecule has 6 heteroatoms. The molecule has 1 atom stereocenters. The summed E-state index contributed by atoms with van der Waals surface area (Å²) >= 11 is 1.75. The zero-order chi connectivity index (χ0) is 17.2. The lowest BCUT2D eigenvalue weighted by Gasteiger charge is -2.26. The van der Waals surface area contributed by atoms with E-state index >= 15 is 0 Å². The molecular formula is C18H16F3NOS. The van der Waals surface area contributed by atoms with Crippen LogP contribution in [0.5, 0.6) is 0 Å². The fraction of sp³-hybridized carbons (Fsp3) is 0.278. The normalized spacial score (nSPS) is 17.2. The van der Waals surface area contributed by atoms with Gasteiger partial charge in [-0.15, -0.1) is 11.8 Å². The Kier molecular flexibility index (Phi) is 4.85. The van der Waals surface area contributed by atoms with Crippen LogP contribution in [0.25, 0.3) is 0 Å². The number of nitrogens with one attached hydrogen (secondary N) is 1. The smallest absolute Gasteiger partial charge is 0.349 e. The largest absolute Gasteiger partial charge is 0.416 e. The van der Waals surface area contributed by atoms with Crippen LogP contribution in [0, 0.1) is 0 Å². The molecule has 1 aliphatic rings. The molecule has 1 unspecified atom stereocenters. The van der Waals surface area contributed by atoms with Crippen molar-refractivity contribution < 1.29 is 18.0 Å². The van der Waals surface area contributed by atoms with Crippen molar-refractivity contribution in [3.63, 3.8) is 0 Å². The van der Waals surface area contributed by atoms with Gasteiger partial charge in [0.25, 0.3) is 0 Å². The number of fused-ring (bicyclic) bond motifs is 1. The number of carbonyl (C=O) groups excluding carboxylic acids is 1. The Balaban J connectivity index is 1.69. The molecule has 1 N–H and O–H groups in total. The molecule has 2 aromatic rings. The molecule has 2 nitrogen and oxygen atoms in total. The van der Waals surface area contributed by atoms with Crippen LogP contribution in [0.4, 0.5) is 13.2 Å². The summed E-state index contributed by atoms with van der Waals surface area (Å²) in [6, 6.07) is 12.7. The molecule has 3 rings (SSSR count). The van der Waals surface area contributed by atoms with Crippen molar-refractivity contribution in [1.29, 1.82) is 0 Å². The number of rotatable bonds is 3. The van der Waals surface area contributed by atoms with E-state index in [1.165, 1.54) is 6.07 Å². The van der Waals surface area contributed by atoms with Gasteiger partial charge in [-0.2, -0.15) is 13.2 Å². The molecule has 1 amide bonds. The average Bonchev–Trinajstić information content (AvgIpc) is 2.54. The maximum atomic E-state index is 12.7. The SMILES string of the molecule is O=C(Cc1cccc(C(F)(F)F)c1)NC1CCSc2ccccc21. The number of hydrogen-bond acceptors (Lipinski definition) is 2. The van der Waals surface area contributed by atoms with E-state index in [0.29, 0.717) is 5.56 Å². The third kappa shape index (κ3) is 3.93. The second-order valence-electron chi connectivity index (χ2n) is 5.67. The van der Waals surface area contributed by atoms with Crippen LogP contribution in [0.15, 0.2) is 53.4 Å². The molecule has 0 saturated carbocycles. The molecule has 0 spiro atoms. The number of amides is 1. The fourth-order valence-electron chi connectivity index (χ4n) is 2.78. The van der Waals surface area contributed by atoms with E-state index in [1.54, 1.807) is 17.8 Å². The second-order valence-corrected chi connectivity index (χ2v) is 6.81. The molecule has 1 heterocycles. The van der Waals surface area contributed by atoms with Gasteiger partial charge in [-0.25, -0.2) is 0 Å². The van der Waals surface area contributed by atoms with Crippen molar-refractivity contribution in [3.8, 4) is 0 Å². The quantitative estimate of drug-likeness (QED) is 0.875. The third-order valence-corrected chi connectivity index (χ3v) is 5.04. The minimum atomic E-state index is -4.40. The highest BCUT2D eigenvalue weighted by molar-refractivity contribution is 7.99. The number of thioether (sulfide) groups is 1. The first-order chi connectivity index (χ1) is 11.4. The first-order valence-corrected chi connectivity index (χ1v) is 8.59. The number of carbonyl (C=O) groups is 1. The van der Waals surface area contributed by atoms with Gasteiger partial charge in [-0.3, -0.25) is 4.79 Å². The average molecular weight is 351 g/mol. The van der Waals surface area contributed by atoms with E-state index in [1.807, 2.05) is 24.3 Å². The third-order valence-electron chi connectivity index (χ3n) is 3.91. The number of hydrogen-bond donors (Lipinski definition) is 1. The predicted octanol–water partition coefficient (Wildman–Crippen LogP) is 4.60. The summed E-state index contributed by atoms with van der Waals surface area (Å²) in [7, 11) is 0. The lowest BCUT2D eigenvalue weighted by Crippen LogP contribution is -2.31. The lowest BCUT2D eigenvalue weighted by atomic mass is 10.0. The number of benzene rings is 2. The first-order valence-electron chi connectivity index (χ1n) is 7.61. The van der Waals surface area contributed by atoms with Gasteiger partial charge in [0.05, 0.1) is 18.0 Å². The van der Waals surface area contributed by atoms with E-state index < -0.39 is 11.7 Å². The predicted molar refractivity (Wildman–Crippen MR) is 87.8 cm³/mol. The summed E-state index contributed by atoms with van der Waals surface area (Å²) in [5.74, 6) is 0.645. The summed E-state index contributed by atoms with van der Waals surface area (Å²) in [6.45, 7) is 0. The fourth-order valence-corrected chi connectivity index (χ4v) is 3.91. The standard InChI is InChI=1S/C18H16F3NOS/c19-18(20,21)13-5-3-4-12(10-13)11-17(23)22-15-8-9-24-16-7-2-1-6-14(15)16/h1-7,10,15H,8-9,11H2,(H,22,23). The molecule has 0 bridgehead atoms. The van der Waals surface area contributed by atoms with E-state index in [2.05, 4.69) is 5.32 Å². The van der Waals surface area contributed by atoms with Gasteiger partial charge < -0.3 is 5.32 Å². The van der Waals surface area contributed by atoms with Crippen molar-refractivity contribution in [2.24, 2.45) is 0 Å². The van der Waals surface area contributed by atoms with Crippen LogP contribution >= 0.6 is 11.8 Å². The van der Waals surface area contributed by atoms with Gasteiger partial charge in [0, 0.05) is 10.6 Å². The molecule has 24 heavy (non-hydrogen) atoms. The summed E-state index contributed by atoms with van der Waals surface area (Å²) in [5, 5.41) is 2.95. The monoisotopic (exact) mass is 351 g/mol. The topological polar surface area (TPSA) is 29.1 Å². The first kappa shape index (κ1) is 16.9. The van der Waals surface area contributed by atoms with E-state index in [4.69, 9.17) is 0 Å². The highest BCUT2D eigenvalue weighted by atomic mass is 32.2. The number of halogens is 3. The molecular weight excluding hydrogens is 335 g/mol. The van der Waals surface area contributed by atoms with Crippen LogP contribution in [-0.4, -0.2) is 11.7 Å². The molecule has 0 radical (unpaired) electrons.